The molecule has 4 aliphatic rings. The Balaban J connectivity index is 1.41. The Morgan fingerprint density at radius 3 is 2.49 bits per heavy atom. The lowest BCUT2D eigenvalue weighted by molar-refractivity contribution is -0.178. The molecule has 35 heavy (non-hydrogen) atoms. The zero-order valence-electron chi connectivity index (χ0n) is 18.0. The van der Waals surface area contributed by atoms with Gasteiger partial charge in [0.1, 0.15) is 29.2 Å². The molecule has 6 rings (SSSR count). The highest BCUT2D eigenvalue weighted by Gasteiger charge is 2.56. The minimum atomic E-state index is -4.82. The number of carbonyl (C=O) groups is 1. The van der Waals surface area contributed by atoms with Crippen LogP contribution in [0.1, 0.15) is 47.3 Å². The summed E-state index contributed by atoms with van der Waals surface area (Å²) >= 11 is 11.7. The van der Waals surface area contributed by atoms with Gasteiger partial charge in [-0.05, 0) is 42.2 Å². The molecule has 2 aromatic rings. The summed E-state index contributed by atoms with van der Waals surface area (Å²) in [5.41, 5.74) is -0.0516. The van der Waals surface area contributed by atoms with Gasteiger partial charge >= 0.3 is 6.18 Å². The van der Waals surface area contributed by atoms with Crippen LogP contribution in [0.2, 0.25) is 10.0 Å². The van der Waals surface area contributed by atoms with E-state index in [2.05, 4.69) is 10.5 Å². The predicted octanol–water partition coefficient (Wildman–Crippen LogP) is 5.64. The van der Waals surface area contributed by atoms with Crippen molar-refractivity contribution in [1.82, 2.24) is 5.32 Å². The molecule has 3 unspecified atom stereocenters. The summed E-state index contributed by atoms with van der Waals surface area (Å²) in [6.07, 6.45) is -5.90. The molecule has 3 aliphatic heterocycles. The molecule has 0 aromatic heterocycles. The van der Waals surface area contributed by atoms with Crippen molar-refractivity contribution in [1.29, 1.82) is 0 Å². The Morgan fingerprint density at radius 1 is 1.11 bits per heavy atom. The molecule has 2 aromatic carbocycles. The second kappa shape index (κ2) is 7.90. The second-order valence-corrected chi connectivity index (χ2v) is 10.2. The second-order valence-electron chi connectivity index (χ2n) is 9.39. The van der Waals surface area contributed by atoms with Gasteiger partial charge in [0.05, 0.1) is 5.02 Å². The van der Waals surface area contributed by atoms with Crippen molar-refractivity contribution in [2.75, 3.05) is 13.1 Å². The van der Waals surface area contributed by atoms with Gasteiger partial charge in [0.25, 0.3) is 0 Å². The number of hydrogen-bond donors (Lipinski definition) is 1. The van der Waals surface area contributed by atoms with Crippen molar-refractivity contribution in [2.24, 2.45) is 17.0 Å². The normalized spacial score (nSPS) is 26.8. The van der Waals surface area contributed by atoms with E-state index in [-0.39, 0.29) is 22.3 Å². The molecule has 1 saturated heterocycles. The Bertz CT molecular complexity index is 1270. The van der Waals surface area contributed by atoms with Gasteiger partial charge in [-0.15, -0.1) is 0 Å². The van der Waals surface area contributed by atoms with Crippen molar-refractivity contribution in [2.45, 2.75) is 36.8 Å². The van der Waals surface area contributed by atoms with E-state index in [1.165, 1.54) is 12.1 Å². The van der Waals surface area contributed by atoms with E-state index in [1.807, 2.05) is 0 Å². The fourth-order valence-electron chi connectivity index (χ4n) is 5.08. The summed E-state index contributed by atoms with van der Waals surface area (Å²) in [4.78, 5) is 18.1. The first-order valence-electron chi connectivity index (χ1n) is 11.1. The molecule has 1 spiro atoms. The highest BCUT2D eigenvalue weighted by Crippen LogP contribution is 2.51. The number of nitrogens with one attached hydrogen (secondary N) is 1. The summed E-state index contributed by atoms with van der Waals surface area (Å²) in [5, 5.41) is 6.43. The molecule has 5 nitrogen and oxygen atoms in total. The van der Waals surface area contributed by atoms with Gasteiger partial charge in [0.2, 0.25) is 0 Å². The lowest BCUT2D eigenvalue weighted by Gasteiger charge is -2.39. The fourth-order valence-corrected chi connectivity index (χ4v) is 5.59. The van der Waals surface area contributed by atoms with Crippen LogP contribution < -0.4 is 5.32 Å². The van der Waals surface area contributed by atoms with E-state index < -0.39 is 52.0 Å². The predicted molar refractivity (Wildman–Crippen MR) is 119 cm³/mol. The zero-order valence-corrected chi connectivity index (χ0v) is 19.5. The van der Waals surface area contributed by atoms with E-state index in [0.717, 1.165) is 30.5 Å². The third-order valence-corrected chi connectivity index (χ3v) is 7.56. The lowest BCUT2D eigenvalue weighted by atomic mass is 9.83. The van der Waals surface area contributed by atoms with Gasteiger partial charge in [-0.2, -0.15) is 13.2 Å². The zero-order chi connectivity index (χ0) is 24.7. The molecule has 3 heterocycles. The Morgan fingerprint density at radius 2 is 1.86 bits per heavy atom. The molecule has 0 amide bonds. The maximum absolute atomic E-state index is 14.7. The van der Waals surface area contributed by atoms with Crippen LogP contribution in [-0.4, -0.2) is 30.8 Å². The quantitative estimate of drug-likeness (QED) is 0.412. The summed E-state index contributed by atoms with van der Waals surface area (Å²) < 4.78 is 63.8. The lowest BCUT2D eigenvalue weighted by Crippen LogP contribution is -2.57. The third kappa shape index (κ3) is 3.66. The number of ketones is 1. The smallest absolute Gasteiger partial charge is 0.386 e. The molecule has 1 saturated carbocycles. The van der Waals surface area contributed by atoms with Crippen LogP contribution >= 0.6 is 23.2 Å². The van der Waals surface area contributed by atoms with Crippen molar-refractivity contribution < 1.29 is 31.9 Å². The van der Waals surface area contributed by atoms with Crippen molar-refractivity contribution in [3.05, 3.63) is 68.4 Å². The number of alkyl halides is 3. The molecule has 0 bridgehead atoms. The number of Topliss-reactive ketones (excluding diaryl/α,β-unsaturated/α-hetero) is 1. The fraction of sp³-hybridized carbons (Fsp3) is 0.417. The number of rotatable bonds is 4. The monoisotopic (exact) mass is 528 g/mol. The van der Waals surface area contributed by atoms with Crippen LogP contribution in [-0.2, 0) is 20.0 Å². The molecule has 0 radical (unpaired) electrons. The SMILES string of the molecule is O=C(C1CC1)C1OC2(CNC2)c2ccc(C3=NOC(c4cc(Cl)cc(Cl)c4F)C3C(F)(F)F)cc21. The number of nitrogens with zero attached hydrogens (tertiary/aromatic N) is 1. The minimum Gasteiger partial charge on any atom is -0.386 e. The molecule has 1 N–H and O–H groups in total. The third-order valence-electron chi connectivity index (χ3n) is 7.07. The van der Waals surface area contributed by atoms with E-state index in [0.29, 0.717) is 18.7 Å². The first kappa shape index (κ1) is 23.2. The summed E-state index contributed by atoms with van der Waals surface area (Å²) in [5.74, 6) is -3.47. The molecular formula is C24H18Cl2F4N2O3. The van der Waals surface area contributed by atoms with Gasteiger partial charge in [-0.3, -0.25) is 4.79 Å². The Kier molecular flexibility index (Phi) is 5.24. The van der Waals surface area contributed by atoms with Crippen LogP contribution in [0.4, 0.5) is 17.6 Å². The molecule has 184 valence electrons. The first-order valence-corrected chi connectivity index (χ1v) is 11.9. The van der Waals surface area contributed by atoms with E-state index in [4.69, 9.17) is 32.8 Å². The number of oxime groups is 1. The standard InChI is InChI=1S/C24H18Cl2F4N2O3/c25-12-6-14(18(27)16(26)7-12)21-17(24(28,29)30)19(32-35-21)11-3-4-15-13(5-11)22(20(33)10-1-2-10)34-23(15)8-31-9-23/h3-7,10,17,21-22,31H,1-2,8-9H2. The molecular weight excluding hydrogens is 511 g/mol. The molecule has 11 heteroatoms. The van der Waals surface area contributed by atoms with Crippen LogP contribution in [0.5, 0.6) is 0 Å². The number of benzene rings is 2. The Hall–Kier alpha value is -2.20. The van der Waals surface area contributed by atoms with Crippen molar-refractivity contribution >= 4 is 34.7 Å². The number of hydrogen-bond acceptors (Lipinski definition) is 5. The first-order chi connectivity index (χ1) is 16.6. The molecule has 2 fully saturated rings. The van der Waals surface area contributed by atoms with E-state index >= 15 is 0 Å². The number of carbonyl (C=O) groups excluding carboxylic acids is 1. The van der Waals surface area contributed by atoms with Gasteiger partial charge in [0, 0.05) is 35.2 Å². The van der Waals surface area contributed by atoms with Crippen LogP contribution in [0.25, 0.3) is 0 Å². The number of fused-ring (bicyclic) bond motifs is 2. The maximum atomic E-state index is 14.7. The van der Waals surface area contributed by atoms with Crippen LogP contribution in [0.3, 0.4) is 0 Å². The maximum Gasteiger partial charge on any atom is 0.401 e. The average molecular weight is 529 g/mol. The van der Waals surface area contributed by atoms with Gasteiger partial charge in [-0.1, -0.05) is 40.5 Å². The largest absolute Gasteiger partial charge is 0.401 e. The summed E-state index contributed by atoms with van der Waals surface area (Å²) in [6, 6.07) is 6.88. The number of halogens is 6. The summed E-state index contributed by atoms with van der Waals surface area (Å²) in [7, 11) is 0. The Labute approximate surface area is 207 Å². The highest BCUT2D eigenvalue weighted by molar-refractivity contribution is 6.34. The topological polar surface area (TPSA) is 59.9 Å². The minimum absolute atomic E-state index is 0.0279. The molecule has 3 atom stereocenters. The van der Waals surface area contributed by atoms with E-state index in [1.54, 1.807) is 6.07 Å². The highest BCUT2D eigenvalue weighted by atomic mass is 35.5. The van der Waals surface area contributed by atoms with Crippen molar-refractivity contribution in [3.8, 4) is 0 Å². The van der Waals surface area contributed by atoms with Gasteiger partial charge in [-0.25, -0.2) is 4.39 Å². The van der Waals surface area contributed by atoms with Crippen LogP contribution in [0.15, 0.2) is 35.5 Å². The van der Waals surface area contributed by atoms with Gasteiger partial charge < -0.3 is 14.9 Å². The van der Waals surface area contributed by atoms with Gasteiger partial charge in [0.15, 0.2) is 11.9 Å². The number of ether oxygens (including phenoxy) is 1. The molecule has 1 aliphatic carbocycles. The van der Waals surface area contributed by atoms with Crippen LogP contribution in [0, 0.1) is 17.7 Å². The van der Waals surface area contributed by atoms with Crippen molar-refractivity contribution in [3.63, 3.8) is 0 Å². The summed E-state index contributed by atoms with van der Waals surface area (Å²) in [6.45, 7) is 1.03. The average Bonchev–Trinajstić information content (AvgIpc) is 3.42. The van der Waals surface area contributed by atoms with E-state index in [9.17, 15) is 22.4 Å².